The van der Waals surface area contributed by atoms with Gasteiger partial charge >= 0.3 is 0 Å². The molecule has 0 spiro atoms. The Hall–Kier alpha value is -2.93. The minimum absolute atomic E-state index is 0.146. The number of hydrogen-bond donors (Lipinski definition) is 0. The van der Waals surface area contributed by atoms with Crippen molar-refractivity contribution in [2.45, 2.75) is 30.8 Å². The van der Waals surface area contributed by atoms with E-state index in [-0.39, 0.29) is 5.56 Å². The van der Waals surface area contributed by atoms with Crippen LogP contribution in [0.2, 0.25) is 0 Å². The molecule has 0 saturated heterocycles. The van der Waals surface area contributed by atoms with Gasteiger partial charge in [0.1, 0.15) is 5.52 Å². The summed E-state index contributed by atoms with van der Waals surface area (Å²) in [6.45, 7) is 4.35. The first-order valence-electron chi connectivity index (χ1n) is 8.72. The molecule has 2 aromatic heterocycles. The molecule has 0 radical (unpaired) electrons. The highest BCUT2D eigenvalue weighted by atomic mass is 32.2. The summed E-state index contributed by atoms with van der Waals surface area (Å²) in [6, 6.07) is 15.7. The van der Waals surface area contributed by atoms with Crippen LogP contribution in [0.15, 0.2) is 70.9 Å². The molecule has 7 heteroatoms. The molecule has 0 aliphatic carbocycles. The second-order valence-corrected chi connectivity index (χ2v) is 7.42. The van der Waals surface area contributed by atoms with Gasteiger partial charge in [0.2, 0.25) is 0 Å². The monoisotopic (exact) mass is 377 g/mol. The summed E-state index contributed by atoms with van der Waals surface area (Å²) in [7, 11) is 0. The van der Waals surface area contributed by atoms with E-state index in [0.29, 0.717) is 22.7 Å². The number of nitrogens with zero attached hydrogens (tertiary/aromatic N) is 5. The van der Waals surface area contributed by atoms with Crippen LogP contribution >= 0.6 is 11.8 Å². The van der Waals surface area contributed by atoms with Gasteiger partial charge in [-0.1, -0.05) is 55.1 Å². The fraction of sp³-hybridized carbons (Fsp3) is 0.200. The largest absolute Gasteiger partial charge is 0.295 e. The molecule has 0 saturated carbocycles. The maximum atomic E-state index is 12.6. The summed E-state index contributed by atoms with van der Waals surface area (Å²) in [6.07, 6.45) is 3.68. The number of rotatable bonds is 5. The van der Waals surface area contributed by atoms with Gasteiger partial charge in [0.25, 0.3) is 5.56 Å². The lowest BCUT2D eigenvalue weighted by atomic mass is 10.0. The fourth-order valence-electron chi connectivity index (χ4n) is 2.84. The van der Waals surface area contributed by atoms with Crippen molar-refractivity contribution in [2.75, 3.05) is 0 Å². The first kappa shape index (κ1) is 17.5. The van der Waals surface area contributed by atoms with Gasteiger partial charge in [0.15, 0.2) is 5.16 Å². The minimum atomic E-state index is -0.146. The number of aromatic nitrogens is 5. The Morgan fingerprint density at radius 3 is 2.63 bits per heavy atom. The van der Waals surface area contributed by atoms with Crippen LogP contribution in [0.25, 0.3) is 16.6 Å². The summed E-state index contributed by atoms with van der Waals surface area (Å²) in [4.78, 5) is 17.0. The minimum Gasteiger partial charge on any atom is -0.295 e. The molecule has 4 aromatic rings. The molecule has 6 nitrogen and oxygen atoms in total. The van der Waals surface area contributed by atoms with E-state index in [4.69, 9.17) is 0 Å². The zero-order valence-electron chi connectivity index (χ0n) is 15.1. The molecular formula is C20H19N5OS. The zero-order valence-corrected chi connectivity index (χ0v) is 15.9. The summed E-state index contributed by atoms with van der Waals surface area (Å²) >= 11 is 1.45. The SMILES string of the molecule is CC(C)c1ccc(-n2ccnc2SCn2nnc3ccccc3c2=O)cc1. The smallest absolute Gasteiger partial charge is 0.278 e. The molecule has 4 rings (SSSR count). The number of benzene rings is 2. The quantitative estimate of drug-likeness (QED) is 0.494. The van der Waals surface area contributed by atoms with Gasteiger partial charge in [0, 0.05) is 18.1 Å². The Bertz CT molecular complexity index is 1130. The number of thioether (sulfide) groups is 1. The molecule has 27 heavy (non-hydrogen) atoms. The fourth-order valence-corrected chi connectivity index (χ4v) is 3.69. The topological polar surface area (TPSA) is 65.6 Å². The molecule has 2 aromatic carbocycles. The second kappa shape index (κ2) is 7.36. The van der Waals surface area contributed by atoms with Crippen LogP contribution in [0.1, 0.15) is 25.3 Å². The summed E-state index contributed by atoms with van der Waals surface area (Å²) in [5.41, 5.74) is 2.80. The highest BCUT2D eigenvalue weighted by Crippen LogP contribution is 2.23. The third-order valence-corrected chi connectivity index (χ3v) is 5.32. The van der Waals surface area contributed by atoms with E-state index < -0.39 is 0 Å². The third kappa shape index (κ3) is 3.50. The average Bonchev–Trinajstić information content (AvgIpc) is 3.16. The van der Waals surface area contributed by atoms with Crippen LogP contribution in [-0.2, 0) is 5.88 Å². The number of imidazole rings is 1. The van der Waals surface area contributed by atoms with Crippen molar-refractivity contribution < 1.29 is 0 Å². The van der Waals surface area contributed by atoms with Gasteiger partial charge in [-0.25, -0.2) is 4.98 Å². The lowest BCUT2D eigenvalue weighted by molar-refractivity contribution is 0.643. The molecular weight excluding hydrogens is 358 g/mol. The number of hydrogen-bond acceptors (Lipinski definition) is 5. The Kier molecular flexibility index (Phi) is 4.77. The van der Waals surface area contributed by atoms with Gasteiger partial charge in [-0.2, -0.15) is 4.68 Å². The standard InChI is InChI=1S/C20H19N5OS/c1-14(2)15-7-9-16(10-8-15)24-12-11-21-20(24)27-13-25-19(26)17-5-3-4-6-18(17)22-23-25/h3-12,14H,13H2,1-2H3. The summed E-state index contributed by atoms with van der Waals surface area (Å²) in [5.74, 6) is 0.839. The van der Waals surface area contributed by atoms with Crippen molar-refractivity contribution in [1.29, 1.82) is 0 Å². The molecule has 0 N–H and O–H groups in total. The van der Waals surface area contributed by atoms with Gasteiger partial charge in [-0.3, -0.25) is 9.36 Å². The van der Waals surface area contributed by atoms with E-state index in [9.17, 15) is 4.79 Å². The highest BCUT2D eigenvalue weighted by Gasteiger charge is 2.10. The predicted molar refractivity (Wildman–Crippen MR) is 107 cm³/mol. The lowest BCUT2D eigenvalue weighted by Crippen LogP contribution is -2.23. The predicted octanol–water partition coefficient (Wildman–Crippen LogP) is 3.85. The molecule has 0 fully saturated rings. The van der Waals surface area contributed by atoms with Crippen LogP contribution in [0.3, 0.4) is 0 Å². The van der Waals surface area contributed by atoms with Crippen LogP contribution < -0.4 is 5.56 Å². The zero-order chi connectivity index (χ0) is 18.8. The first-order valence-corrected chi connectivity index (χ1v) is 9.71. The Morgan fingerprint density at radius 1 is 1.07 bits per heavy atom. The van der Waals surface area contributed by atoms with Crippen LogP contribution in [-0.4, -0.2) is 24.5 Å². The molecule has 2 heterocycles. The molecule has 0 atom stereocenters. The summed E-state index contributed by atoms with van der Waals surface area (Å²) in [5, 5.41) is 9.53. The van der Waals surface area contributed by atoms with E-state index in [2.05, 4.69) is 53.4 Å². The van der Waals surface area contributed by atoms with Crippen LogP contribution in [0, 0.1) is 0 Å². The Morgan fingerprint density at radius 2 is 1.85 bits per heavy atom. The molecule has 0 unspecified atom stereocenters. The molecule has 0 aliphatic heterocycles. The van der Waals surface area contributed by atoms with E-state index in [1.165, 1.54) is 22.0 Å². The van der Waals surface area contributed by atoms with E-state index >= 15 is 0 Å². The Labute approximate surface area is 160 Å². The second-order valence-electron chi connectivity index (χ2n) is 6.51. The van der Waals surface area contributed by atoms with E-state index in [1.54, 1.807) is 18.3 Å². The lowest BCUT2D eigenvalue weighted by Gasteiger charge is -2.10. The van der Waals surface area contributed by atoms with Crippen molar-refractivity contribution in [3.63, 3.8) is 0 Å². The van der Waals surface area contributed by atoms with Crippen molar-refractivity contribution in [3.8, 4) is 5.69 Å². The van der Waals surface area contributed by atoms with E-state index in [1.807, 2.05) is 22.9 Å². The van der Waals surface area contributed by atoms with Gasteiger partial charge in [-0.15, -0.1) is 5.10 Å². The van der Waals surface area contributed by atoms with Crippen molar-refractivity contribution in [2.24, 2.45) is 0 Å². The maximum absolute atomic E-state index is 12.6. The molecule has 0 amide bonds. The van der Waals surface area contributed by atoms with Crippen LogP contribution in [0.4, 0.5) is 0 Å². The highest BCUT2D eigenvalue weighted by molar-refractivity contribution is 7.98. The summed E-state index contributed by atoms with van der Waals surface area (Å²) < 4.78 is 3.38. The average molecular weight is 377 g/mol. The van der Waals surface area contributed by atoms with Crippen molar-refractivity contribution in [3.05, 3.63) is 76.8 Å². The van der Waals surface area contributed by atoms with Crippen molar-refractivity contribution >= 4 is 22.7 Å². The van der Waals surface area contributed by atoms with Gasteiger partial charge in [-0.05, 0) is 35.7 Å². The van der Waals surface area contributed by atoms with Gasteiger partial charge in [0.05, 0.1) is 11.3 Å². The first-order chi connectivity index (χ1) is 13.1. The molecule has 136 valence electrons. The molecule has 0 bridgehead atoms. The van der Waals surface area contributed by atoms with E-state index in [0.717, 1.165) is 10.8 Å². The maximum Gasteiger partial charge on any atom is 0.278 e. The Balaban J connectivity index is 1.57. The van der Waals surface area contributed by atoms with Gasteiger partial charge < -0.3 is 0 Å². The third-order valence-electron chi connectivity index (χ3n) is 4.39. The number of fused-ring (bicyclic) bond motifs is 1. The molecule has 0 aliphatic rings. The van der Waals surface area contributed by atoms with Crippen molar-refractivity contribution in [1.82, 2.24) is 24.5 Å². The normalized spacial score (nSPS) is 11.4. The van der Waals surface area contributed by atoms with Crippen LogP contribution in [0.5, 0.6) is 0 Å².